The number of rotatable bonds is 5. The molecule has 1 aliphatic rings. The fraction of sp³-hybridized carbons (Fsp3) is 0.263. The van der Waals surface area contributed by atoms with Crippen LogP contribution in [0.15, 0.2) is 36.7 Å². The predicted molar refractivity (Wildman–Crippen MR) is 102 cm³/mol. The van der Waals surface area contributed by atoms with Crippen molar-refractivity contribution in [2.24, 2.45) is 12.8 Å². The second kappa shape index (κ2) is 5.80. The highest BCUT2D eigenvalue weighted by Gasteiger charge is 2.24. The summed E-state index contributed by atoms with van der Waals surface area (Å²) in [5.41, 5.74) is 10.4. The number of carbonyl (C=O) groups is 1. The summed E-state index contributed by atoms with van der Waals surface area (Å²) in [7, 11) is 1.95. The normalized spacial score (nSPS) is 14.1. The second-order valence-electron chi connectivity index (χ2n) is 7.05. The van der Waals surface area contributed by atoms with Crippen LogP contribution in [0.1, 0.15) is 18.4 Å². The Morgan fingerprint density at radius 1 is 1.33 bits per heavy atom. The zero-order chi connectivity index (χ0) is 18.5. The summed E-state index contributed by atoms with van der Waals surface area (Å²) in [6.07, 6.45) is 4.32. The van der Waals surface area contributed by atoms with Crippen LogP contribution >= 0.6 is 0 Å². The molecule has 0 atom stereocenters. The summed E-state index contributed by atoms with van der Waals surface area (Å²) in [4.78, 5) is 20.5. The van der Waals surface area contributed by atoms with Crippen molar-refractivity contribution in [1.82, 2.24) is 24.1 Å². The zero-order valence-electron chi connectivity index (χ0n) is 14.9. The smallest absolute Gasteiger partial charge is 0.221 e. The molecule has 3 heterocycles. The molecule has 8 heteroatoms. The number of nitrogens with zero attached hydrogens (tertiary/aromatic N) is 5. The molecular weight excluding hydrogens is 342 g/mol. The van der Waals surface area contributed by atoms with Crippen molar-refractivity contribution in [3.63, 3.8) is 0 Å². The maximum Gasteiger partial charge on any atom is 0.221 e. The van der Waals surface area contributed by atoms with E-state index in [1.54, 1.807) is 6.33 Å². The lowest BCUT2D eigenvalue weighted by Crippen LogP contribution is -2.13. The maximum atomic E-state index is 11.2. The van der Waals surface area contributed by atoms with E-state index in [9.17, 15) is 4.79 Å². The van der Waals surface area contributed by atoms with Crippen LogP contribution in [0.3, 0.4) is 0 Å². The fourth-order valence-corrected chi connectivity index (χ4v) is 3.32. The summed E-state index contributed by atoms with van der Waals surface area (Å²) in [6, 6.07) is 10.1. The van der Waals surface area contributed by atoms with Crippen molar-refractivity contribution in [3.05, 3.63) is 42.2 Å². The van der Waals surface area contributed by atoms with Gasteiger partial charge in [0.05, 0.1) is 18.4 Å². The molecule has 1 amide bonds. The molecule has 0 saturated heterocycles. The largest absolute Gasteiger partial charge is 0.369 e. The molecule has 0 bridgehead atoms. The van der Waals surface area contributed by atoms with E-state index in [4.69, 9.17) is 15.8 Å². The molecule has 8 nitrogen and oxygen atoms in total. The lowest BCUT2D eigenvalue weighted by molar-refractivity contribution is -0.117. The summed E-state index contributed by atoms with van der Waals surface area (Å²) in [5.74, 6) is 0.450. The SMILES string of the molecule is Cn1cnc2c(NC3CC3)nc3cc(-c4cccc(CC(N)=O)c4)nn3c21. The van der Waals surface area contributed by atoms with Gasteiger partial charge in [-0.25, -0.2) is 9.97 Å². The fourth-order valence-electron chi connectivity index (χ4n) is 3.32. The number of hydrogen-bond donors (Lipinski definition) is 2. The Morgan fingerprint density at radius 2 is 2.19 bits per heavy atom. The van der Waals surface area contributed by atoms with Crippen LogP contribution in [0, 0.1) is 0 Å². The third-order valence-corrected chi connectivity index (χ3v) is 4.77. The van der Waals surface area contributed by atoms with Crippen LogP contribution in [-0.4, -0.2) is 36.1 Å². The van der Waals surface area contributed by atoms with Gasteiger partial charge >= 0.3 is 0 Å². The average Bonchev–Trinajstić information content (AvgIpc) is 3.20. The maximum absolute atomic E-state index is 11.2. The standard InChI is InChI=1S/C19H19N7O/c1-25-10-21-17-18(22-13-5-6-13)23-16-9-14(24-26(16)19(17)25)12-4-2-3-11(7-12)8-15(20)27/h2-4,7,9-10,13H,5-6,8H2,1H3,(H2,20,27)(H,22,23). The number of primary amides is 1. The van der Waals surface area contributed by atoms with Crippen molar-refractivity contribution in [2.45, 2.75) is 25.3 Å². The van der Waals surface area contributed by atoms with Gasteiger partial charge in [0, 0.05) is 24.7 Å². The van der Waals surface area contributed by atoms with Crippen LogP contribution in [0.25, 0.3) is 28.1 Å². The van der Waals surface area contributed by atoms with Gasteiger partial charge in [-0.05, 0) is 24.5 Å². The van der Waals surface area contributed by atoms with Gasteiger partial charge in [-0.1, -0.05) is 18.2 Å². The van der Waals surface area contributed by atoms with Gasteiger partial charge in [-0.15, -0.1) is 0 Å². The van der Waals surface area contributed by atoms with Crippen LogP contribution in [0.2, 0.25) is 0 Å². The number of nitrogens with two attached hydrogens (primary N) is 1. The molecule has 5 rings (SSSR count). The van der Waals surface area contributed by atoms with Gasteiger partial charge in [-0.3, -0.25) is 4.79 Å². The molecule has 0 radical (unpaired) electrons. The van der Waals surface area contributed by atoms with E-state index >= 15 is 0 Å². The Balaban J connectivity index is 1.66. The summed E-state index contributed by atoms with van der Waals surface area (Å²) in [5, 5.41) is 8.21. The molecule has 1 fully saturated rings. The molecule has 1 aromatic carbocycles. The van der Waals surface area contributed by atoms with E-state index in [0.29, 0.717) is 6.04 Å². The molecule has 136 valence electrons. The van der Waals surface area contributed by atoms with Crippen LogP contribution in [-0.2, 0) is 18.3 Å². The minimum Gasteiger partial charge on any atom is -0.369 e. The molecule has 1 saturated carbocycles. The molecular formula is C19H19N7O. The quantitative estimate of drug-likeness (QED) is 0.565. The number of anilines is 1. The predicted octanol–water partition coefficient (Wildman–Crippen LogP) is 1.89. The lowest BCUT2D eigenvalue weighted by atomic mass is 10.1. The zero-order valence-corrected chi connectivity index (χ0v) is 14.9. The van der Waals surface area contributed by atoms with Crippen molar-refractivity contribution in [3.8, 4) is 11.3 Å². The molecule has 0 spiro atoms. The second-order valence-corrected chi connectivity index (χ2v) is 7.05. The number of carbonyl (C=O) groups excluding carboxylic acids is 1. The first-order valence-electron chi connectivity index (χ1n) is 8.93. The van der Waals surface area contributed by atoms with Crippen molar-refractivity contribution in [1.29, 1.82) is 0 Å². The van der Waals surface area contributed by atoms with Crippen LogP contribution in [0.4, 0.5) is 5.82 Å². The summed E-state index contributed by atoms with van der Waals surface area (Å²) < 4.78 is 3.76. The van der Waals surface area contributed by atoms with Crippen molar-refractivity contribution >= 4 is 28.5 Å². The number of nitrogens with one attached hydrogen (secondary N) is 1. The first-order valence-corrected chi connectivity index (χ1v) is 8.93. The number of imidazole rings is 1. The van der Waals surface area contributed by atoms with Gasteiger partial charge in [0.15, 0.2) is 22.6 Å². The first kappa shape index (κ1) is 15.8. The van der Waals surface area contributed by atoms with Gasteiger partial charge < -0.3 is 15.6 Å². The Labute approximate surface area is 155 Å². The average molecular weight is 361 g/mol. The highest BCUT2D eigenvalue weighted by molar-refractivity contribution is 5.87. The van der Waals surface area contributed by atoms with Gasteiger partial charge in [0.25, 0.3) is 0 Å². The number of amides is 1. The number of hydrogen-bond acceptors (Lipinski definition) is 5. The van der Waals surface area contributed by atoms with Crippen molar-refractivity contribution < 1.29 is 4.79 Å². The molecule has 27 heavy (non-hydrogen) atoms. The van der Waals surface area contributed by atoms with E-state index in [-0.39, 0.29) is 12.3 Å². The Hall–Kier alpha value is -3.42. The highest BCUT2D eigenvalue weighted by atomic mass is 16.1. The highest BCUT2D eigenvalue weighted by Crippen LogP contribution is 2.30. The van der Waals surface area contributed by atoms with E-state index < -0.39 is 0 Å². The Morgan fingerprint density at radius 3 is 2.96 bits per heavy atom. The van der Waals surface area contributed by atoms with E-state index in [2.05, 4.69) is 10.3 Å². The van der Waals surface area contributed by atoms with Gasteiger partial charge in [0.2, 0.25) is 5.91 Å². The molecule has 0 aliphatic heterocycles. The molecule has 1 aliphatic carbocycles. The first-order chi connectivity index (χ1) is 13.1. The minimum atomic E-state index is -0.351. The van der Waals surface area contributed by atoms with Gasteiger partial charge in [0.1, 0.15) is 0 Å². The molecule has 3 aromatic heterocycles. The Bertz CT molecular complexity index is 1190. The third kappa shape index (κ3) is 2.79. The summed E-state index contributed by atoms with van der Waals surface area (Å²) in [6.45, 7) is 0. The number of aromatic nitrogens is 5. The number of aryl methyl sites for hydroxylation is 1. The number of benzene rings is 1. The summed E-state index contributed by atoms with van der Waals surface area (Å²) >= 11 is 0. The lowest BCUT2D eigenvalue weighted by Gasteiger charge is -2.06. The third-order valence-electron chi connectivity index (χ3n) is 4.77. The topological polar surface area (TPSA) is 103 Å². The van der Waals surface area contributed by atoms with E-state index in [1.165, 1.54) is 12.8 Å². The monoisotopic (exact) mass is 361 g/mol. The minimum absolute atomic E-state index is 0.209. The Kier molecular flexibility index (Phi) is 3.40. The molecule has 3 N–H and O–H groups in total. The van der Waals surface area contributed by atoms with E-state index in [0.717, 1.165) is 39.4 Å². The van der Waals surface area contributed by atoms with Crippen LogP contribution in [0.5, 0.6) is 0 Å². The molecule has 0 unspecified atom stereocenters. The van der Waals surface area contributed by atoms with Crippen molar-refractivity contribution in [2.75, 3.05) is 5.32 Å². The van der Waals surface area contributed by atoms with Crippen LogP contribution < -0.4 is 11.1 Å². The number of fused-ring (bicyclic) bond motifs is 3. The van der Waals surface area contributed by atoms with Gasteiger partial charge in [-0.2, -0.15) is 9.61 Å². The molecule has 4 aromatic rings. The van der Waals surface area contributed by atoms with E-state index in [1.807, 2.05) is 46.5 Å².